The number of piperidine rings is 1. The van der Waals surface area contributed by atoms with Gasteiger partial charge in [0.25, 0.3) is 0 Å². The molecule has 1 saturated heterocycles. The second-order valence-corrected chi connectivity index (χ2v) is 9.26. The molecule has 1 unspecified atom stereocenters. The average Bonchev–Trinajstić information content (AvgIpc) is 3.27. The van der Waals surface area contributed by atoms with E-state index in [9.17, 15) is 4.79 Å². The quantitative estimate of drug-likeness (QED) is 0.544. The zero-order valence-electron chi connectivity index (χ0n) is 20.1. The van der Waals surface area contributed by atoms with Crippen LogP contribution in [0.5, 0.6) is 0 Å². The summed E-state index contributed by atoms with van der Waals surface area (Å²) in [5.74, 6) is 1.46. The van der Waals surface area contributed by atoms with Crippen LogP contribution in [0.4, 0.5) is 0 Å². The van der Waals surface area contributed by atoms with Crippen molar-refractivity contribution in [2.45, 2.75) is 59.5 Å². The van der Waals surface area contributed by atoms with Crippen LogP contribution in [0.25, 0.3) is 11.4 Å². The van der Waals surface area contributed by atoms with Gasteiger partial charge >= 0.3 is 0 Å². The summed E-state index contributed by atoms with van der Waals surface area (Å²) in [6.07, 6.45) is 2.57. The number of hydrogen-bond donors (Lipinski definition) is 1. The number of amides is 1. The molecule has 1 N–H and O–H groups in total. The first-order valence-corrected chi connectivity index (χ1v) is 11.9. The summed E-state index contributed by atoms with van der Waals surface area (Å²) >= 11 is 0. The van der Waals surface area contributed by atoms with Gasteiger partial charge in [0.2, 0.25) is 17.6 Å². The van der Waals surface area contributed by atoms with Crippen molar-refractivity contribution in [3.63, 3.8) is 0 Å². The molecule has 4 rings (SSSR count). The number of hydrogen-bond acceptors (Lipinski definition) is 5. The fraction of sp³-hybridized carbons (Fsp3) is 0.444. The molecule has 1 aliphatic rings. The smallest absolute Gasteiger partial charge is 0.241 e. The molecular weight excluding hydrogens is 412 g/mol. The van der Waals surface area contributed by atoms with Crippen molar-refractivity contribution in [3.05, 3.63) is 70.6 Å². The first kappa shape index (κ1) is 23.2. The predicted octanol–water partition coefficient (Wildman–Crippen LogP) is 5.14. The van der Waals surface area contributed by atoms with Crippen LogP contribution in [-0.2, 0) is 11.3 Å². The number of carbonyl (C=O) groups excluding carboxylic acids is 1. The molecule has 0 spiro atoms. The monoisotopic (exact) mass is 446 g/mol. The maximum atomic E-state index is 13.0. The number of carbonyl (C=O) groups is 1. The Labute approximate surface area is 196 Å². The SMILES string of the molecule is CCC(NC(=O)C1CCN(Cc2nc(-c3ccc(C)cc3)no2)CC1)c1ccc(C)cc1C. The molecule has 6 nitrogen and oxygen atoms in total. The first-order chi connectivity index (χ1) is 15.9. The molecule has 33 heavy (non-hydrogen) atoms. The molecule has 2 heterocycles. The summed E-state index contributed by atoms with van der Waals surface area (Å²) in [5, 5.41) is 7.44. The van der Waals surface area contributed by atoms with Gasteiger partial charge in [0.1, 0.15) is 0 Å². The highest BCUT2D eigenvalue weighted by Gasteiger charge is 2.27. The molecule has 1 atom stereocenters. The number of benzene rings is 2. The Kier molecular flexibility index (Phi) is 7.23. The van der Waals surface area contributed by atoms with Crippen LogP contribution in [0.2, 0.25) is 0 Å². The molecule has 2 aromatic carbocycles. The fourth-order valence-electron chi connectivity index (χ4n) is 4.59. The molecule has 1 aliphatic heterocycles. The van der Waals surface area contributed by atoms with Crippen LogP contribution < -0.4 is 5.32 Å². The van der Waals surface area contributed by atoms with Crippen LogP contribution >= 0.6 is 0 Å². The minimum absolute atomic E-state index is 0.0480. The van der Waals surface area contributed by atoms with Crippen LogP contribution in [0.1, 0.15) is 60.4 Å². The van der Waals surface area contributed by atoms with Gasteiger partial charge < -0.3 is 9.84 Å². The van der Waals surface area contributed by atoms with Gasteiger partial charge in [0, 0.05) is 11.5 Å². The molecule has 1 fully saturated rings. The van der Waals surface area contributed by atoms with E-state index in [-0.39, 0.29) is 17.9 Å². The van der Waals surface area contributed by atoms with Gasteiger partial charge in [-0.25, -0.2) is 0 Å². The van der Waals surface area contributed by atoms with Crippen molar-refractivity contribution in [1.29, 1.82) is 0 Å². The number of nitrogens with zero attached hydrogens (tertiary/aromatic N) is 3. The molecule has 0 aliphatic carbocycles. The Hall–Kier alpha value is -2.99. The lowest BCUT2D eigenvalue weighted by Crippen LogP contribution is -2.41. The van der Waals surface area contributed by atoms with E-state index in [0.717, 1.165) is 37.9 Å². The first-order valence-electron chi connectivity index (χ1n) is 11.9. The summed E-state index contributed by atoms with van der Waals surface area (Å²) in [6.45, 7) is 10.7. The maximum absolute atomic E-state index is 13.0. The molecule has 174 valence electrons. The van der Waals surface area contributed by atoms with Crippen molar-refractivity contribution >= 4 is 5.91 Å². The summed E-state index contributed by atoms with van der Waals surface area (Å²) in [6, 6.07) is 14.6. The van der Waals surface area contributed by atoms with E-state index in [0.29, 0.717) is 18.3 Å². The lowest BCUT2D eigenvalue weighted by Gasteiger charge is -2.31. The van der Waals surface area contributed by atoms with E-state index in [4.69, 9.17) is 4.52 Å². The van der Waals surface area contributed by atoms with Crippen molar-refractivity contribution in [2.24, 2.45) is 5.92 Å². The maximum Gasteiger partial charge on any atom is 0.241 e. The van der Waals surface area contributed by atoms with Gasteiger partial charge in [-0.2, -0.15) is 4.98 Å². The fourth-order valence-corrected chi connectivity index (χ4v) is 4.59. The number of rotatable bonds is 7. The number of nitrogens with one attached hydrogen (secondary N) is 1. The summed E-state index contributed by atoms with van der Waals surface area (Å²) in [4.78, 5) is 19.8. The third-order valence-corrected chi connectivity index (χ3v) is 6.62. The normalized spacial score (nSPS) is 16.0. The van der Waals surface area contributed by atoms with E-state index in [1.165, 1.54) is 22.3 Å². The Morgan fingerprint density at radius 3 is 2.45 bits per heavy atom. The molecule has 3 aromatic rings. The number of likely N-dealkylation sites (tertiary alicyclic amines) is 1. The third kappa shape index (κ3) is 5.69. The van der Waals surface area contributed by atoms with Crippen molar-refractivity contribution in [3.8, 4) is 11.4 Å². The van der Waals surface area contributed by atoms with E-state index in [1.807, 2.05) is 24.3 Å². The van der Waals surface area contributed by atoms with Gasteiger partial charge in [-0.3, -0.25) is 9.69 Å². The Bertz CT molecular complexity index is 1080. The molecular formula is C27H34N4O2. The van der Waals surface area contributed by atoms with Crippen LogP contribution in [0.15, 0.2) is 47.0 Å². The number of aromatic nitrogens is 2. The molecule has 6 heteroatoms. The van der Waals surface area contributed by atoms with Crippen LogP contribution in [0.3, 0.4) is 0 Å². The van der Waals surface area contributed by atoms with Gasteiger partial charge in [-0.05, 0) is 64.3 Å². The van der Waals surface area contributed by atoms with Gasteiger partial charge in [-0.15, -0.1) is 0 Å². The summed E-state index contributed by atoms with van der Waals surface area (Å²) in [7, 11) is 0. The van der Waals surface area contributed by atoms with Crippen LogP contribution in [0, 0.1) is 26.7 Å². The standard InChI is InChI=1S/C27H34N4O2/c1-5-24(23-11-8-19(3)16-20(23)4)28-27(32)22-12-14-31(15-13-22)17-25-29-26(30-33-25)21-9-6-18(2)7-10-21/h6-11,16,22,24H,5,12-15,17H2,1-4H3,(H,28,32). The Morgan fingerprint density at radius 2 is 1.79 bits per heavy atom. The van der Waals surface area contributed by atoms with Crippen molar-refractivity contribution < 1.29 is 9.32 Å². The van der Waals surface area contributed by atoms with Gasteiger partial charge in [0.05, 0.1) is 12.6 Å². The average molecular weight is 447 g/mol. The summed E-state index contributed by atoms with van der Waals surface area (Å²) < 4.78 is 5.48. The molecule has 1 aromatic heterocycles. The lowest BCUT2D eigenvalue weighted by atomic mass is 9.93. The van der Waals surface area contributed by atoms with E-state index in [1.54, 1.807) is 0 Å². The zero-order chi connectivity index (χ0) is 23.4. The third-order valence-electron chi connectivity index (χ3n) is 6.62. The van der Waals surface area contributed by atoms with Gasteiger partial charge in [0.15, 0.2) is 0 Å². The highest BCUT2D eigenvalue weighted by molar-refractivity contribution is 5.79. The highest BCUT2D eigenvalue weighted by Crippen LogP contribution is 2.25. The van der Waals surface area contributed by atoms with E-state index >= 15 is 0 Å². The van der Waals surface area contributed by atoms with Crippen LogP contribution in [-0.4, -0.2) is 34.0 Å². The second-order valence-electron chi connectivity index (χ2n) is 9.26. The minimum atomic E-state index is 0.0480. The van der Waals surface area contributed by atoms with Gasteiger partial charge in [-0.1, -0.05) is 65.7 Å². The van der Waals surface area contributed by atoms with Crippen molar-refractivity contribution in [2.75, 3.05) is 13.1 Å². The Balaban J connectivity index is 1.29. The second kappa shape index (κ2) is 10.3. The molecule has 0 bridgehead atoms. The largest absolute Gasteiger partial charge is 0.349 e. The topological polar surface area (TPSA) is 71.3 Å². The summed E-state index contributed by atoms with van der Waals surface area (Å²) in [5.41, 5.74) is 5.86. The van der Waals surface area contributed by atoms with Crippen molar-refractivity contribution in [1.82, 2.24) is 20.4 Å². The lowest BCUT2D eigenvalue weighted by molar-refractivity contribution is -0.127. The Morgan fingerprint density at radius 1 is 1.09 bits per heavy atom. The molecule has 0 radical (unpaired) electrons. The van der Waals surface area contributed by atoms with E-state index in [2.05, 4.69) is 66.3 Å². The zero-order valence-corrected chi connectivity index (χ0v) is 20.1. The predicted molar refractivity (Wildman–Crippen MR) is 130 cm³/mol. The number of aryl methyl sites for hydroxylation is 3. The molecule has 1 amide bonds. The molecule has 0 saturated carbocycles. The van der Waals surface area contributed by atoms with E-state index < -0.39 is 0 Å². The highest BCUT2D eigenvalue weighted by atomic mass is 16.5. The minimum Gasteiger partial charge on any atom is -0.349 e.